The first kappa shape index (κ1) is 15.8. The normalized spacial score (nSPS) is 11.8. The van der Waals surface area contributed by atoms with Crippen LogP contribution in [0.4, 0.5) is 0 Å². The third-order valence-electron chi connectivity index (χ3n) is 3.04. The number of benzene rings is 1. The SMILES string of the molecule is CCOc1ccc(C(=O)[C@@H](C)OC(=O)c2cnn(C)c2)cc1. The van der Waals surface area contributed by atoms with Gasteiger partial charge in [-0.3, -0.25) is 9.48 Å². The van der Waals surface area contributed by atoms with Crippen LogP contribution in [0.2, 0.25) is 0 Å². The van der Waals surface area contributed by atoms with Crippen LogP contribution in [0, 0.1) is 0 Å². The minimum Gasteiger partial charge on any atom is -0.494 e. The number of hydrogen-bond donors (Lipinski definition) is 0. The Morgan fingerprint density at radius 3 is 2.45 bits per heavy atom. The molecule has 116 valence electrons. The Balaban J connectivity index is 2.00. The molecule has 6 heteroatoms. The molecule has 1 aromatic carbocycles. The van der Waals surface area contributed by atoms with Crippen LogP contribution in [0.15, 0.2) is 36.7 Å². The van der Waals surface area contributed by atoms with Crippen LogP contribution in [0.25, 0.3) is 0 Å². The summed E-state index contributed by atoms with van der Waals surface area (Å²) >= 11 is 0. The molecule has 1 atom stereocenters. The Bertz CT molecular complexity index is 661. The van der Waals surface area contributed by atoms with E-state index in [2.05, 4.69) is 5.10 Å². The summed E-state index contributed by atoms with van der Waals surface area (Å²) in [4.78, 5) is 24.1. The molecule has 0 aliphatic carbocycles. The van der Waals surface area contributed by atoms with Crippen molar-refractivity contribution in [3.05, 3.63) is 47.8 Å². The summed E-state index contributed by atoms with van der Waals surface area (Å²) in [5.41, 5.74) is 0.781. The van der Waals surface area contributed by atoms with E-state index in [1.807, 2.05) is 6.92 Å². The highest BCUT2D eigenvalue weighted by Gasteiger charge is 2.21. The number of ether oxygens (including phenoxy) is 2. The molecular weight excluding hydrogens is 284 g/mol. The van der Waals surface area contributed by atoms with E-state index in [-0.39, 0.29) is 5.78 Å². The average molecular weight is 302 g/mol. The molecular formula is C16H18N2O4. The molecule has 0 radical (unpaired) electrons. The minimum absolute atomic E-state index is 0.264. The topological polar surface area (TPSA) is 70.4 Å². The van der Waals surface area contributed by atoms with Gasteiger partial charge in [-0.15, -0.1) is 0 Å². The summed E-state index contributed by atoms with van der Waals surface area (Å²) in [6, 6.07) is 6.74. The molecule has 0 unspecified atom stereocenters. The fourth-order valence-electron chi connectivity index (χ4n) is 1.93. The molecule has 0 saturated heterocycles. The second-order valence-electron chi connectivity index (χ2n) is 4.77. The highest BCUT2D eigenvalue weighted by Crippen LogP contribution is 2.15. The molecule has 0 N–H and O–H groups in total. The number of hydrogen-bond acceptors (Lipinski definition) is 5. The van der Waals surface area contributed by atoms with E-state index in [4.69, 9.17) is 9.47 Å². The summed E-state index contributed by atoms with van der Waals surface area (Å²) in [6.45, 7) is 4.00. The number of rotatable bonds is 6. The quantitative estimate of drug-likeness (QED) is 0.604. The lowest BCUT2D eigenvalue weighted by atomic mass is 10.1. The standard InChI is InChI=1S/C16H18N2O4/c1-4-21-14-7-5-12(6-8-14)15(19)11(2)22-16(20)13-9-17-18(3)10-13/h5-11H,4H2,1-3H3/t11-/m1/s1. The van der Waals surface area contributed by atoms with Crippen molar-refractivity contribution in [2.45, 2.75) is 20.0 Å². The van der Waals surface area contributed by atoms with Crippen LogP contribution in [0.1, 0.15) is 34.6 Å². The molecule has 0 fully saturated rings. The predicted molar refractivity (Wildman–Crippen MR) is 80.0 cm³/mol. The van der Waals surface area contributed by atoms with Gasteiger partial charge in [0.15, 0.2) is 6.10 Å². The van der Waals surface area contributed by atoms with Gasteiger partial charge in [-0.2, -0.15) is 5.10 Å². The van der Waals surface area contributed by atoms with Crippen LogP contribution in [0.5, 0.6) is 5.75 Å². The number of nitrogens with zero attached hydrogens (tertiary/aromatic N) is 2. The predicted octanol–water partition coefficient (Wildman–Crippen LogP) is 2.25. The maximum absolute atomic E-state index is 12.2. The van der Waals surface area contributed by atoms with Crippen LogP contribution < -0.4 is 4.74 Å². The van der Waals surface area contributed by atoms with Crippen molar-refractivity contribution in [1.82, 2.24) is 9.78 Å². The van der Waals surface area contributed by atoms with Gasteiger partial charge in [0.25, 0.3) is 0 Å². The number of aryl methyl sites for hydroxylation is 1. The van der Waals surface area contributed by atoms with Crippen molar-refractivity contribution >= 4 is 11.8 Å². The van der Waals surface area contributed by atoms with Crippen LogP contribution in [-0.2, 0) is 11.8 Å². The summed E-state index contributed by atoms with van der Waals surface area (Å²) in [7, 11) is 1.70. The maximum Gasteiger partial charge on any atom is 0.342 e. The first-order valence-electron chi connectivity index (χ1n) is 6.98. The minimum atomic E-state index is -0.870. The fourth-order valence-corrected chi connectivity index (χ4v) is 1.93. The molecule has 0 bridgehead atoms. The molecule has 1 aromatic heterocycles. The van der Waals surface area contributed by atoms with Crippen molar-refractivity contribution in [2.75, 3.05) is 6.61 Å². The monoisotopic (exact) mass is 302 g/mol. The third kappa shape index (κ3) is 3.72. The van der Waals surface area contributed by atoms with Crippen LogP contribution in [0.3, 0.4) is 0 Å². The highest BCUT2D eigenvalue weighted by molar-refractivity contribution is 6.01. The van der Waals surface area contributed by atoms with Gasteiger partial charge in [-0.05, 0) is 38.1 Å². The number of ketones is 1. The van der Waals surface area contributed by atoms with E-state index in [1.165, 1.54) is 17.1 Å². The van der Waals surface area contributed by atoms with E-state index in [1.54, 1.807) is 38.2 Å². The smallest absolute Gasteiger partial charge is 0.342 e. The molecule has 22 heavy (non-hydrogen) atoms. The lowest BCUT2D eigenvalue weighted by Crippen LogP contribution is -2.24. The molecule has 0 amide bonds. The van der Waals surface area contributed by atoms with E-state index in [0.29, 0.717) is 23.5 Å². The second-order valence-corrected chi connectivity index (χ2v) is 4.77. The lowest BCUT2D eigenvalue weighted by Gasteiger charge is -2.12. The summed E-state index contributed by atoms with van der Waals surface area (Å²) < 4.78 is 12.0. The lowest BCUT2D eigenvalue weighted by molar-refractivity contribution is 0.0318. The van der Waals surface area contributed by atoms with Gasteiger partial charge in [-0.1, -0.05) is 0 Å². The molecule has 2 aromatic rings. The number of carbonyl (C=O) groups is 2. The zero-order valence-electron chi connectivity index (χ0n) is 12.8. The summed E-state index contributed by atoms with van der Waals surface area (Å²) in [5, 5.41) is 3.89. The molecule has 2 rings (SSSR count). The zero-order valence-corrected chi connectivity index (χ0v) is 12.8. The molecule has 0 aliphatic rings. The zero-order chi connectivity index (χ0) is 16.1. The summed E-state index contributed by atoms with van der Waals surface area (Å²) in [5.74, 6) is -0.140. The Hall–Kier alpha value is -2.63. The largest absolute Gasteiger partial charge is 0.494 e. The van der Waals surface area contributed by atoms with Gasteiger partial charge in [-0.25, -0.2) is 4.79 Å². The molecule has 0 saturated carbocycles. The van der Waals surface area contributed by atoms with E-state index in [0.717, 1.165) is 0 Å². The first-order chi connectivity index (χ1) is 10.5. The Morgan fingerprint density at radius 2 is 1.91 bits per heavy atom. The second kappa shape index (κ2) is 6.89. The first-order valence-corrected chi connectivity index (χ1v) is 6.98. The Morgan fingerprint density at radius 1 is 1.23 bits per heavy atom. The van der Waals surface area contributed by atoms with Crippen molar-refractivity contribution < 1.29 is 19.1 Å². The van der Waals surface area contributed by atoms with Gasteiger partial charge < -0.3 is 9.47 Å². The number of esters is 1. The number of carbonyl (C=O) groups excluding carboxylic acids is 2. The van der Waals surface area contributed by atoms with Crippen molar-refractivity contribution in [2.24, 2.45) is 7.05 Å². The van der Waals surface area contributed by atoms with Crippen molar-refractivity contribution in [3.8, 4) is 5.75 Å². The highest BCUT2D eigenvalue weighted by atomic mass is 16.5. The maximum atomic E-state index is 12.2. The van der Waals surface area contributed by atoms with Crippen molar-refractivity contribution in [1.29, 1.82) is 0 Å². The Kier molecular flexibility index (Phi) is 4.93. The van der Waals surface area contributed by atoms with Gasteiger partial charge in [0.2, 0.25) is 5.78 Å². The van der Waals surface area contributed by atoms with Gasteiger partial charge in [0.05, 0.1) is 18.4 Å². The van der Waals surface area contributed by atoms with Crippen molar-refractivity contribution in [3.63, 3.8) is 0 Å². The van der Waals surface area contributed by atoms with Crippen LogP contribution >= 0.6 is 0 Å². The molecule has 1 heterocycles. The number of aromatic nitrogens is 2. The Labute approximate surface area is 128 Å². The third-order valence-corrected chi connectivity index (χ3v) is 3.04. The van der Waals surface area contributed by atoms with Crippen LogP contribution in [-0.4, -0.2) is 34.2 Å². The van der Waals surface area contributed by atoms with Gasteiger partial charge in [0.1, 0.15) is 5.75 Å². The fraction of sp³-hybridized carbons (Fsp3) is 0.312. The van der Waals surface area contributed by atoms with E-state index >= 15 is 0 Å². The number of Topliss-reactive ketones (excluding diaryl/α,β-unsaturated/α-hetero) is 1. The van der Waals surface area contributed by atoms with Gasteiger partial charge in [0, 0.05) is 18.8 Å². The molecule has 0 aliphatic heterocycles. The van der Waals surface area contributed by atoms with Gasteiger partial charge >= 0.3 is 5.97 Å². The molecule has 0 spiro atoms. The van der Waals surface area contributed by atoms with E-state index < -0.39 is 12.1 Å². The van der Waals surface area contributed by atoms with E-state index in [9.17, 15) is 9.59 Å². The molecule has 6 nitrogen and oxygen atoms in total. The summed E-state index contributed by atoms with van der Waals surface area (Å²) in [6.07, 6.45) is 2.07. The average Bonchev–Trinajstić information content (AvgIpc) is 2.94.